The van der Waals surface area contributed by atoms with E-state index in [9.17, 15) is 22.4 Å². The van der Waals surface area contributed by atoms with E-state index in [1.54, 1.807) is 19.1 Å². The molecule has 1 saturated carbocycles. The summed E-state index contributed by atoms with van der Waals surface area (Å²) in [5.74, 6) is -2.35. The maximum Gasteiger partial charge on any atom is 0.264 e. The van der Waals surface area contributed by atoms with E-state index in [2.05, 4.69) is 5.32 Å². The second kappa shape index (κ2) is 13.2. The highest BCUT2D eigenvalue weighted by atomic mass is 32.2. The first-order valence-corrected chi connectivity index (χ1v) is 15.2. The Morgan fingerprint density at radius 3 is 2.20 bits per heavy atom. The molecule has 0 aromatic heterocycles. The quantitative estimate of drug-likeness (QED) is 0.349. The van der Waals surface area contributed by atoms with Gasteiger partial charge in [-0.25, -0.2) is 17.2 Å². The van der Waals surface area contributed by atoms with Crippen LogP contribution in [0.5, 0.6) is 0 Å². The van der Waals surface area contributed by atoms with Crippen LogP contribution in [0.1, 0.15) is 50.2 Å². The lowest BCUT2D eigenvalue weighted by Gasteiger charge is -2.33. The zero-order valence-corrected chi connectivity index (χ0v) is 24.0. The van der Waals surface area contributed by atoms with Gasteiger partial charge in [0.2, 0.25) is 11.8 Å². The third kappa shape index (κ3) is 7.49. The minimum absolute atomic E-state index is 0.00157. The van der Waals surface area contributed by atoms with Crippen LogP contribution < -0.4 is 9.62 Å². The molecule has 3 aromatic carbocycles. The van der Waals surface area contributed by atoms with Gasteiger partial charge in [0.1, 0.15) is 24.2 Å². The van der Waals surface area contributed by atoms with Gasteiger partial charge in [0.15, 0.2) is 0 Å². The predicted molar refractivity (Wildman–Crippen MR) is 154 cm³/mol. The third-order valence-electron chi connectivity index (χ3n) is 7.39. The molecule has 0 aliphatic heterocycles. The number of aryl methyl sites for hydroxylation is 1. The highest BCUT2D eigenvalue weighted by molar-refractivity contribution is 7.92. The van der Waals surface area contributed by atoms with Gasteiger partial charge in [0, 0.05) is 12.6 Å². The summed E-state index contributed by atoms with van der Waals surface area (Å²) in [5, 5.41) is 3.02. The van der Waals surface area contributed by atoms with E-state index in [1.807, 2.05) is 6.92 Å². The highest BCUT2D eigenvalue weighted by Crippen LogP contribution is 2.27. The zero-order chi connectivity index (χ0) is 29.6. The summed E-state index contributed by atoms with van der Waals surface area (Å²) < 4.78 is 56.9. The van der Waals surface area contributed by atoms with E-state index in [1.165, 1.54) is 59.5 Å². The van der Waals surface area contributed by atoms with Gasteiger partial charge in [-0.2, -0.15) is 0 Å². The van der Waals surface area contributed by atoms with E-state index in [-0.39, 0.29) is 29.1 Å². The van der Waals surface area contributed by atoms with E-state index in [0.717, 1.165) is 48.0 Å². The van der Waals surface area contributed by atoms with Crippen LogP contribution in [0.15, 0.2) is 77.7 Å². The number of rotatable bonds is 10. The van der Waals surface area contributed by atoms with E-state index in [0.29, 0.717) is 5.56 Å². The van der Waals surface area contributed by atoms with Crippen LogP contribution >= 0.6 is 0 Å². The molecule has 1 aliphatic rings. The summed E-state index contributed by atoms with van der Waals surface area (Å²) in [6.45, 7) is 2.55. The van der Waals surface area contributed by atoms with Gasteiger partial charge in [-0.1, -0.05) is 61.2 Å². The smallest absolute Gasteiger partial charge is 0.264 e. The first-order valence-electron chi connectivity index (χ1n) is 13.7. The number of benzene rings is 3. The van der Waals surface area contributed by atoms with Crippen molar-refractivity contribution in [3.63, 3.8) is 0 Å². The van der Waals surface area contributed by atoms with Crippen LogP contribution in [0.3, 0.4) is 0 Å². The molecule has 1 unspecified atom stereocenters. The Bertz CT molecular complexity index is 1460. The molecule has 1 N–H and O–H groups in total. The monoisotopic (exact) mass is 583 g/mol. The number of carbonyl (C=O) groups is 2. The van der Waals surface area contributed by atoms with Gasteiger partial charge < -0.3 is 10.2 Å². The number of carbonyl (C=O) groups excluding carboxylic acids is 2. The summed E-state index contributed by atoms with van der Waals surface area (Å²) in [6, 6.07) is 15.9. The standard InChI is InChI=1S/C31H35F2N3O4S/c1-22-12-18-27(19-13-22)41(39,40)36(29-11-7-6-10-28(29)33)21-30(37)35(20-24-14-16-25(32)17-15-24)23(2)31(38)34-26-8-4-3-5-9-26/h6-7,10-19,23,26H,3-5,8-9,20-21H2,1-2H3,(H,34,38). The van der Waals surface area contributed by atoms with Crippen LogP contribution in [0, 0.1) is 18.6 Å². The Balaban J connectivity index is 1.68. The SMILES string of the molecule is Cc1ccc(S(=O)(=O)N(CC(=O)N(Cc2ccc(F)cc2)C(C)C(=O)NC2CCCCC2)c2ccccc2F)cc1. The number of anilines is 1. The normalized spacial score (nSPS) is 14.7. The molecule has 41 heavy (non-hydrogen) atoms. The molecule has 218 valence electrons. The summed E-state index contributed by atoms with van der Waals surface area (Å²) >= 11 is 0. The summed E-state index contributed by atoms with van der Waals surface area (Å²) in [5.41, 5.74) is 1.10. The number of nitrogens with zero attached hydrogens (tertiary/aromatic N) is 2. The fourth-order valence-electron chi connectivity index (χ4n) is 4.94. The van der Waals surface area contributed by atoms with Gasteiger partial charge >= 0.3 is 0 Å². The maximum atomic E-state index is 15.0. The number of para-hydroxylation sites is 1. The molecule has 0 spiro atoms. The number of sulfonamides is 1. The van der Waals surface area contributed by atoms with Crippen molar-refractivity contribution in [2.75, 3.05) is 10.8 Å². The van der Waals surface area contributed by atoms with Gasteiger partial charge in [-0.15, -0.1) is 0 Å². The number of nitrogens with one attached hydrogen (secondary N) is 1. The molecule has 3 aromatic rings. The Kier molecular flexibility index (Phi) is 9.75. The Morgan fingerprint density at radius 1 is 0.927 bits per heavy atom. The van der Waals surface area contributed by atoms with Crippen molar-refractivity contribution in [2.24, 2.45) is 0 Å². The fraction of sp³-hybridized carbons (Fsp3) is 0.355. The van der Waals surface area contributed by atoms with Crippen LogP contribution in [0.25, 0.3) is 0 Å². The Hall–Kier alpha value is -3.79. The molecule has 0 radical (unpaired) electrons. The third-order valence-corrected chi connectivity index (χ3v) is 9.17. The fourth-order valence-corrected chi connectivity index (χ4v) is 6.36. The molecule has 7 nitrogen and oxygen atoms in total. The minimum atomic E-state index is -4.37. The van der Waals surface area contributed by atoms with Crippen molar-refractivity contribution in [3.05, 3.63) is 95.6 Å². The number of amides is 2. The highest BCUT2D eigenvalue weighted by Gasteiger charge is 2.34. The largest absolute Gasteiger partial charge is 0.352 e. The molecule has 10 heteroatoms. The van der Waals surface area contributed by atoms with Gasteiger partial charge in [0.25, 0.3) is 10.0 Å². The molecular formula is C31H35F2N3O4S. The number of halogens is 2. The molecule has 0 saturated heterocycles. The average Bonchev–Trinajstić information content (AvgIpc) is 2.96. The summed E-state index contributed by atoms with van der Waals surface area (Å²) in [6.07, 6.45) is 4.82. The van der Waals surface area contributed by atoms with Crippen LogP contribution in [-0.4, -0.2) is 43.8 Å². The second-order valence-corrected chi connectivity index (χ2v) is 12.3. The molecule has 4 rings (SSSR count). The number of hydrogen-bond donors (Lipinski definition) is 1. The molecule has 0 bridgehead atoms. The lowest BCUT2D eigenvalue weighted by atomic mass is 9.95. The van der Waals surface area contributed by atoms with E-state index < -0.39 is 40.2 Å². The van der Waals surface area contributed by atoms with Gasteiger partial charge in [0.05, 0.1) is 10.6 Å². The van der Waals surface area contributed by atoms with Crippen molar-refractivity contribution in [1.82, 2.24) is 10.2 Å². The number of hydrogen-bond acceptors (Lipinski definition) is 4. The van der Waals surface area contributed by atoms with Crippen molar-refractivity contribution >= 4 is 27.5 Å². The molecule has 1 aliphatic carbocycles. The maximum absolute atomic E-state index is 15.0. The molecule has 1 fully saturated rings. The van der Waals surface area contributed by atoms with Crippen molar-refractivity contribution in [2.45, 2.75) is 69.5 Å². The summed E-state index contributed by atoms with van der Waals surface area (Å²) in [7, 11) is -4.37. The predicted octanol–water partition coefficient (Wildman–Crippen LogP) is 5.33. The van der Waals surface area contributed by atoms with Crippen molar-refractivity contribution in [1.29, 1.82) is 0 Å². The van der Waals surface area contributed by atoms with Crippen molar-refractivity contribution < 1.29 is 26.8 Å². The van der Waals surface area contributed by atoms with E-state index >= 15 is 4.39 Å². The van der Waals surface area contributed by atoms with Crippen LogP contribution in [-0.2, 0) is 26.2 Å². The molecule has 2 amide bonds. The van der Waals surface area contributed by atoms with Gasteiger partial charge in [-0.05, 0) is 68.7 Å². The summed E-state index contributed by atoms with van der Waals surface area (Å²) in [4.78, 5) is 28.4. The first-order chi connectivity index (χ1) is 19.6. The topological polar surface area (TPSA) is 86.8 Å². The zero-order valence-electron chi connectivity index (χ0n) is 23.2. The second-order valence-electron chi connectivity index (χ2n) is 10.4. The molecule has 1 atom stereocenters. The first kappa shape index (κ1) is 30.2. The molecular weight excluding hydrogens is 548 g/mol. The Labute approximate surface area is 240 Å². The van der Waals surface area contributed by atoms with Crippen LogP contribution in [0.2, 0.25) is 0 Å². The Morgan fingerprint density at radius 2 is 1.56 bits per heavy atom. The van der Waals surface area contributed by atoms with E-state index in [4.69, 9.17) is 0 Å². The lowest BCUT2D eigenvalue weighted by molar-refractivity contribution is -0.139. The average molecular weight is 584 g/mol. The lowest BCUT2D eigenvalue weighted by Crippen LogP contribution is -2.53. The van der Waals surface area contributed by atoms with Crippen LogP contribution in [0.4, 0.5) is 14.5 Å². The molecule has 0 heterocycles. The van der Waals surface area contributed by atoms with Gasteiger partial charge in [-0.3, -0.25) is 13.9 Å². The van der Waals surface area contributed by atoms with Crippen molar-refractivity contribution in [3.8, 4) is 0 Å². The minimum Gasteiger partial charge on any atom is -0.352 e.